The van der Waals surface area contributed by atoms with Gasteiger partial charge in [-0.05, 0) is 31.9 Å². The van der Waals surface area contributed by atoms with Crippen molar-refractivity contribution in [2.75, 3.05) is 19.6 Å². The standard InChI is InChI=1S/C19H26N4O/c1-15-18(12-22(2)21-15)14-23-11-9-17(13-23)19(24)20-10-8-16-6-4-3-5-7-16/h3-7,12,17H,8-11,13-14H2,1-2H3,(H,20,24)/t17-/m1/s1. The molecule has 1 fully saturated rings. The Hall–Kier alpha value is -2.14. The maximum atomic E-state index is 12.4. The number of nitrogens with one attached hydrogen (secondary N) is 1. The van der Waals surface area contributed by atoms with Crippen LogP contribution in [-0.4, -0.2) is 40.2 Å². The summed E-state index contributed by atoms with van der Waals surface area (Å²) in [5, 5.41) is 7.48. The van der Waals surface area contributed by atoms with Crippen molar-refractivity contribution in [2.24, 2.45) is 13.0 Å². The van der Waals surface area contributed by atoms with Crippen molar-refractivity contribution < 1.29 is 4.79 Å². The van der Waals surface area contributed by atoms with Crippen LogP contribution in [-0.2, 0) is 24.8 Å². The SMILES string of the molecule is Cc1nn(C)cc1CN1CC[C@@H](C(=O)NCCc2ccccc2)C1. The molecule has 1 N–H and O–H groups in total. The predicted octanol–water partition coefficient (Wildman–Crippen LogP) is 1.91. The quantitative estimate of drug-likeness (QED) is 0.882. The molecule has 1 amide bonds. The first-order valence-electron chi connectivity index (χ1n) is 8.65. The first-order chi connectivity index (χ1) is 11.6. The minimum atomic E-state index is 0.109. The Balaban J connectivity index is 1.43. The minimum absolute atomic E-state index is 0.109. The van der Waals surface area contributed by atoms with E-state index in [0.29, 0.717) is 6.54 Å². The Bertz CT molecular complexity index is 680. The Kier molecular flexibility index (Phi) is 5.30. The molecule has 1 aromatic carbocycles. The molecule has 0 radical (unpaired) electrons. The fourth-order valence-corrected chi connectivity index (χ4v) is 3.35. The molecule has 0 spiro atoms. The highest BCUT2D eigenvalue weighted by Gasteiger charge is 2.28. The number of amides is 1. The molecule has 1 aliphatic rings. The van der Waals surface area contributed by atoms with E-state index >= 15 is 0 Å². The Labute approximate surface area is 143 Å². The predicted molar refractivity (Wildman–Crippen MR) is 94.5 cm³/mol. The van der Waals surface area contributed by atoms with Gasteiger partial charge in [0, 0.05) is 38.4 Å². The van der Waals surface area contributed by atoms with E-state index in [-0.39, 0.29) is 11.8 Å². The van der Waals surface area contributed by atoms with Crippen LogP contribution in [0.1, 0.15) is 23.2 Å². The molecular weight excluding hydrogens is 300 g/mol. The summed E-state index contributed by atoms with van der Waals surface area (Å²) in [7, 11) is 1.95. The van der Waals surface area contributed by atoms with Gasteiger partial charge in [-0.15, -0.1) is 0 Å². The molecule has 128 valence electrons. The lowest BCUT2D eigenvalue weighted by atomic mass is 10.1. The third-order valence-electron chi connectivity index (χ3n) is 4.71. The van der Waals surface area contributed by atoms with Crippen LogP contribution in [0, 0.1) is 12.8 Å². The fraction of sp³-hybridized carbons (Fsp3) is 0.474. The van der Waals surface area contributed by atoms with Gasteiger partial charge in [0.15, 0.2) is 0 Å². The monoisotopic (exact) mass is 326 g/mol. The van der Waals surface area contributed by atoms with Gasteiger partial charge in [0.05, 0.1) is 11.6 Å². The van der Waals surface area contributed by atoms with E-state index in [1.807, 2.05) is 36.9 Å². The number of carbonyl (C=O) groups excluding carboxylic acids is 1. The molecule has 0 bridgehead atoms. The molecule has 1 aliphatic heterocycles. The van der Waals surface area contributed by atoms with Gasteiger partial charge in [-0.3, -0.25) is 14.4 Å². The zero-order chi connectivity index (χ0) is 16.9. The summed E-state index contributed by atoms with van der Waals surface area (Å²) >= 11 is 0. The molecule has 5 heteroatoms. The van der Waals surface area contributed by atoms with Crippen LogP contribution in [0.3, 0.4) is 0 Å². The number of aryl methyl sites for hydroxylation is 2. The third kappa shape index (κ3) is 4.23. The van der Waals surface area contributed by atoms with Gasteiger partial charge in [0.2, 0.25) is 5.91 Å². The summed E-state index contributed by atoms with van der Waals surface area (Å²) < 4.78 is 1.86. The summed E-state index contributed by atoms with van der Waals surface area (Å²) in [5.74, 6) is 0.300. The van der Waals surface area contributed by atoms with Crippen LogP contribution in [0.25, 0.3) is 0 Å². The van der Waals surface area contributed by atoms with Crippen molar-refractivity contribution in [3.63, 3.8) is 0 Å². The second kappa shape index (κ2) is 7.62. The molecule has 24 heavy (non-hydrogen) atoms. The first kappa shape index (κ1) is 16.7. The van der Waals surface area contributed by atoms with E-state index in [0.717, 1.165) is 38.2 Å². The van der Waals surface area contributed by atoms with Crippen molar-refractivity contribution >= 4 is 5.91 Å². The molecule has 2 heterocycles. The number of benzene rings is 1. The van der Waals surface area contributed by atoms with Crippen LogP contribution >= 0.6 is 0 Å². The fourth-order valence-electron chi connectivity index (χ4n) is 3.35. The molecule has 1 aromatic heterocycles. The van der Waals surface area contributed by atoms with E-state index in [1.165, 1.54) is 11.1 Å². The number of hydrogen-bond acceptors (Lipinski definition) is 3. The van der Waals surface area contributed by atoms with Crippen molar-refractivity contribution in [1.29, 1.82) is 0 Å². The molecule has 0 aliphatic carbocycles. The highest BCUT2D eigenvalue weighted by Crippen LogP contribution is 2.19. The molecule has 1 atom stereocenters. The smallest absolute Gasteiger partial charge is 0.224 e. The zero-order valence-electron chi connectivity index (χ0n) is 14.5. The van der Waals surface area contributed by atoms with Crippen LogP contribution in [0.4, 0.5) is 0 Å². The van der Waals surface area contributed by atoms with Gasteiger partial charge in [-0.2, -0.15) is 5.10 Å². The van der Waals surface area contributed by atoms with E-state index in [9.17, 15) is 4.79 Å². The largest absolute Gasteiger partial charge is 0.355 e. The summed E-state index contributed by atoms with van der Waals surface area (Å²) in [5.41, 5.74) is 3.59. The number of aromatic nitrogens is 2. The van der Waals surface area contributed by atoms with Crippen LogP contribution in [0.15, 0.2) is 36.5 Å². The third-order valence-corrected chi connectivity index (χ3v) is 4.71. The first-order valence-corrected chi connectivity index (χ1v) is 8.65. The van der Waals surface area contributed by atoms with Gasteiger partial charge < -0.3 is 5.32 Å². The minimum Gasteiger partial charge on any atom is -0.355 e. The van der Waals surface area contributed by atoms with Crippen LogP contribution in [0.2, 0.25) is 0 Å². The summed E-state index contributed by atoms with van der Waals surface area (Å²) in [4.78, 5) is 14.7. The number of likely N-dealkylation sites (tertiary alicyclic amines) is 1. The normalized spacial score (nSPS) is 18.0. The van der Waals surface area contributed by atoms with Crippen molar-refractivity contribution in [3.05, 3.63) is 53.3 Å². The molecule has 3 rings (SSSR count). The molecule has 0 saturated carbocycles. The Morgan fingerprint density at radius 2 is 2.12 bits per heavy atom. The van der Waals surface area contributed by atoms with E-state index < -0.39 is 0 Å². The average Bonchev–Trinajstić information content (AvgIpc) is 3.15. The van der Waals surface area contributed by atoms with E-state index in [2.05, 4.69) is 33.6 Å². The summed E-state index contributed by atoms with van der Waals surface area (Å²) in [6.07, 6.45) is 3.90. The highest BCUT2D eigenvalue weighted by molar-refractivity contribution is 5.79. The molecular formula is C19H26N4O. The molecule has 5 nitrogen and oxygen atoms in total. The van der Waals surface area contributed by atoms with E-state index in [4.69, 9.17) is 0 Å². The number of rotatable bonds is 6. The second-order valence-electron chi connectivity index (χ2n) is 6.66. The summed E-state index contributed by atoms with van der Waals surface area (Å²) in [6.45, 7) is 5.45. The van der Waals surface area contributed by atoms with Gasteiger partial charge in [0.25, 0.3) is 0 Å². The highest BCUT2D eigenvalue weighted by atomic mass is 16.1. The van der Waals surface area contributed by atoms with Crippen LogP contribution in [0.5, 0.6) is 0 Å². The Morgan fingerprint density at radius 1 is 1.33 bits per heavy atom. The number of hydrogen-bond donors (Lipinski definition) is 1. The van der Waals surface area contributed by atoms with E-state index in [1.54, 1.807) is 0 Å². The zero-order valence-corrected chi connectivity index (χ0v) is 14.5. The molecule has 0 unspecified atom stereocenters. The topological polar surface area (TPSA) is 50.2 Å². The maximum Gasteiger partial charge on any atom is 0.224 e. The van der Waals surface area contributed by atoms with Gasteiger partial charge in [-0.25, -0.2) is 0 Å². The van der Waals surface area contributed by atoms with Crippen molar-refractivity contribution in [3.8, 4) is 0 Å². The van der Waals surface area contributed by atoms with Gasteiger partial charge in [-0.1, -0.05) is 30.3 Å². The second-order valence-corrected chi connectivity index (χ2v) is 6.66. The average molecular weight is 326 g/mol. The maximum absolute atomic E-state index is 12.4. The lowest BCUT2D eigenvalue weighted by Crippen LogP contribution is -2.34. The lowest BCUT2D eigenvalue weighted by molar-refractivity contribution is -0.124. The number of carbonyl (C=O) groups is 1. The molecule has 2 aromatic rings. The molecule has 1 saturated heterocycles. The van der Waals surface area contributed by atoms with Gasteiger partial charge in [0.1, 0.15) is 0 Å². The lowest BCUT2D eigenvalue weighted by Gasteiger charge is -2.15. The van der Waals surface area contributed by atoms with Crippen molar-refractivity contribution in [2.45, 2.75) is 26.3 Å². The summed E-state index contributed by atoms with van der Waals surface area (Å²) in [6, 6.07) is 10.3. The number of nitrogens with zero attached hydrogens (tertiary/aromatic N) is 3. The Morgan fingerprint density at radius 3 is 2.83 bits per heavy atom. The van der Waals surface area contributed by atoms with Crippen LogP contribution < -0.4 is 5.32 Å². The van der Waals surface area contributed by atoms with Gasteiger partial charge >= 0.3 is 0 Å². The van der Waals surface area contributed by atoms with Crippen molar-refractivity contribution in [1.82, 2.24) is 20.0 Å².